The average molecular weight is 439 g/mol. The minimum Gasteiger partial charge on any atom is -0.348 e. The van der Waals surface area contributed by atoms with E-state index in [4.69, 9.17) is 0 Å². The SMILES string of the molecule is C[C@H](Nc1nccc(C2CC(=O)NN=C2c2cccc(C(F)(F)F)c2)n1)c1ccccc1. The van der Waals surface area contributed by atoms with Gasteiger partial charge in [-0.15, -0.1) is 0 Å². The van der Waals surface area contributed by atoms with Crippen molar-refractivity contribution in [3.05, 3.63) is 89.2 Å². The van der Waals surface area contributed by atoms with Crippen molar-refractivity contribution < 1.29 is 18.0 Å². The summed E-state index contributed by atoms with van der Waals surface area (Å²) >= 11 is 0. The first-order valence-corrected chi connectivity index (χ1v) is 10.00. The summed E-state index contributed by atoms with van der Waals surface area (Å²) in [5.41, 5.74) is 3.71. The minimum absolute atomic E-state index is 0.0137. The van der Waals surface area contributed by atoms with Gasteiger partial charge in [0.1, 0.15) is 0 Å². The molecule has 0 spiro atoms. The van der Waals surface area contributed by atoms with Gasteiger partial charge in [-0.3, -0.25) is 4.79 Å². The van der Waals surface area contributed by atoms with Gasteiger partial charge in [0, 0.05) is 12.6 Å². The Labute approximate surface area is 182 Å². The smallest absolute Gasteiger partial charge is 0.348 e. The summed E-state index contributed by atoms with van der Waals surface area (Å²) in [5, 5.41) is 7.29. The highest BCUT2D eigenvalue weighted by Gasteiger charge is 2.33. The fourth-order valence-electron chi connectivity index (χ4n) is 3.55. The van der Waals surface area contributed by atoms with Crippen LogP contribution in [0.2, 0.25) is 0 Å². The molecular weight excluding hydrogens is 419 g/mol. The van der Waals surface area contributed by atoms with Crippen molar-refractivity contribution in [2.45, 2.75) is 31.5 Å². The monoisotopic (exact) mass is 439 g/mol. The van der Waals surface area contributed by atoms with Gasteiger partial charge in [-0.05, 0) is 36.2 Å². The van der Waals surface area contributed by atoms with Crippen molar-refractivity contribution >= 4 is 17.6 Å². The van der Waals surface area contributed by atoms with Crippen LogP contribution in [0.4, 0.5) is 19.1 Å². The zero-order chi connectivity index (χ0) is 22.7. The maximum absolute atomic E-state index is 13.2. The number of amides is 1. The number of hydrogen-bond donors (Lipinski definition) is 2. The van der Waals surface area contributed by atoms with Gasteiger partial charge in [0.05, 0.1) is 28.9 Å². The predicted octanol–water partition coefficient (Wildman–Crippen LogP) is 4.68. The largest absolute Gasteiger partial charge is 0.416 e. The van der Waals surface area contributed by atoms with E-state index in [0.29, 0.717) is 17.4 Å². The average Bonchev–Trinajstić information content (AvgIpc) is 2.79. The van der Waals surface area contributed by atoms with Crippen LogP contribution in [0.1, 0.15) is 47.7 Å². The van der Waals surface area contributed by atoms with E-state index in [0.717, 1.165) is 17.7 Å². The van der Waals surface area contributed by atoms with E-state index in [9.17, 15) is 18.0 Å². The molecule has 0 bridgehead atoms. The summed E-state index contributed by atoms with van der Waals surface area (Å²) in [7, 11) is 0. The van der Waals surface area contributed by atoms with E-state index in [1.807, 2.05) is 37.3 Å². The molecule has 1 amide bonds. The lowest BCUT2D eigenvalue weighted by atomic mass is 9.88. The molecule has 1 aliphatic rings. The Hall–Kier alpha value is -3.75. The molecule has 3 aromatic rings. The first-order chi connectivity index (χ1) is 15.3. The number of rotatable bonds is 5. The lowest BCUT2D eigenvalue weighted by Gasteiger charge is -2.23. The van der Waals surface area contributed by atoms with Crippen molar-refractivity contribution in [1.29, 1.82) is 0 Å². The molecular formula is C23H20F3N5O. The minimum atomic E-state index is -4.48. The van der Waals surface area contributed by atoms with Crippen LogP contribution < -0.4 is 10.7 Å². The van der Waals surface area contributed by atoms with Gasteiger partial charge in [0.15, 0.2) is 0 Å². The maximum atomic E-state index is 13.2. The molecule has 1 aromatic heterocycles. The summed E-state index contributed by atoms with van der Waals surface area (Å²) in [6, 6.07) is 16.2. The third-order valence-electron chi connectivity index (χ3n) is 5.19. The molecule has 4 rings (SSSR count). The molecule has 1 unspecified atom stereocenters. The van der Waals surface area contributed by atoms with Crippen LogP contribution in [-0.4, -0.2) is 21.6 Å². The van der Waals surface area contributed by atoms with Crippen molar-refractivity contribution in [2.24, 2.45) is 5.10 Å². The molecule has 0 saturated carbocycles. The number of hydrogen-bond acceptors (Lipinski definition) is 5. The molecule has 2 aromatic carbocycles. The lowest BCUT2D eigenvalue weighted by Crippen LogP contribution is -2.33. The normalized spacial score (nSPS) is 17.3. The summed E-state index contributed by atoms with van der Waals surface area (Å²) in [4.78, 5) is 20.8. The van der Waals surface area contributed by atoms with Crippen LogP contribution in [0.25, 0.3) is 0 Å². The molecule has 6 nitrogen and oxygen atoms in total. The van der Waals surface area contributed by atoms with Gasteiger partial charge in [-0.25, -0.2) is 15.4 Å². The first-order valence-electron chi connectivity index (χ1n) is 10.00. The number of carbonyl (C=O) groups excluding carboxylic acids is 1. The quantitative estimate of drug-likeness (QED) is 0.605. The van der Waals surface area contributed by atoms with Gasteiger partial charge in [0.2, 0.25) is 11.9 Å². The van der Waals surface area contributed by atoms with E-state index in [1.54, 1.807) is 12.3 Å². The number of carbonyl (C=O) groups is 1. The van der Waals surface area contributed by atoms with E-state index in [2.05, 4.69) is 25.8 Å². The Morgan fingerprint density at radius 3 is 2.62 bits per heavy atom. The van der Waals surface area contributed by atoms with Gasteiger partial charge >= 0.3 is 6.18 Å². The van der Waals surface area contributed by atoms with E-state index < -0.39 is 17.7 Å². The molecule has 0 saturated heterocycles. The van der Waals surface area contributed by atoms with E-state index in [-0.39, 0.29) is 23.9 Å². The van der Waals surface area contributed by atoms with E-state index in [1.165, 1.54) is 12.1 Å². The Morgan fingerprint density at radius 2 is 1.88 bits per heavy atom. The zero-order valence-corrected chi connectivity index (χ0v) is 17.1. The first kappa shape index (κ1) is 21.5. The van der Waals surface area contributed by atoms with E-state index >= 15 is 0 Å². The Balaban J connectivity index is 1.64. The molecule has 9 heteroatoms. The lowest BCUT2D eigenvalue weighted by molar-refractivity contribution is -0.137. The molecule has 0 fully saturated rings. The standard InChI is InChI=1S/C23H20F3N5O/c1-14(15-6-3-2-4-7-15)28-22-27-11-10-19(29-22)18-13-20(32)30-31-21(18)16-8-5-9-17(12-16)23(24,25)26/h2-12,14,18H,13H2,1H3,(H,30,32)(H,27,28,29)/t14-,18?/m0/s1. The highest BCUT2D eigenvalue weighted by molar-refractivity contribution is 6.08. The molecule has 0 aliphatic carbocycles. The molecule has 164 valence electrons. The highest BCUT2D eigenvalue weighted by atomic mass is 19.4. The summed E-state index contributed by atoms with van der Waals surface area (Å²) < 4.78 is 39.6. The van der Waals surface area contributed by atoms with Crippen LogP contribution in [-0.2, 0) is 11.0 Å². The molecule has 2 atom stereocenters. The Kier molecular flexibility index (Phi) is 5.89. The summed E-state index contributed by atoms with van der Waals surface area (Å²) in [6.07, 6.45) is -2.91. The maximum Gasteiger partial charge on any atom is 0.416 e. The number of benzene rings is 2. The van der Waals surface area contributed by atoms with Crippen molar-refractivity contribution in [3.8, 4) is 0 Å². The molecule has 1 aliphatic heterocycles. The molecule has 32 heavy (non-hydrogen) atoms. The van der Waals surface area contributed by atoms with Crippen molar-refractivity contribution in [3.63, 3.8) is 0 Å². The third kappa shape index (κ3) is 4.77. The van der Waals surface area contributed by atoms with Crippen LogP contribution in [0, 0.1) is 0 Å². The number of nitrogens with one attached hydrogen (secondary N) is 2. The third-order valence-corrected chi connectivity index (χ3v) is 5.19. The number of hydrazone groups is 1. The molecule has 2 heterocycles. The van der Waals surface area contributed by atoms with Crippen LogP contribution >= 0.6 is 0 Å². The van der Waals surface area contributed by atoms with Crippen LogP contribution in [0.5, 0.6) is 0 Å². The second-order valence-electron chi connectivity index (χ2n) is 7.45. The molecule has 0 radical (unpaired) electrons. The predicted molar refractivity (Wildman–Crippen MR) is 114 cm³/mol. The number of nitrogens with zero attached hydrogens (tertiary/aromatic N) is 3. The fraction of sp³-hybridized carbons (Fsp3) is 0.217. The number of anilines is 1. The molecule has 2 N–H and O–H groups in total. The van der Waals surface area contributed by atoms with Crippen LogP contribution in [0.15, 0.2) is 72.0 Å². The van der Waals surface area contributed by atoms with Gasteiger partial charge in [0.25, 0.3) is 0 Å². The van der Waals surface area contributed by atoms with Crippen LogP contribution in [0.3, 0.4) is 0 Å². The Morgan fingerprint density at radius 1 is 1.09 bits per heavy atom. The number of halogens is 3. The fourth-order valence-corrected chi connectivity index (χ4v) is 3.55. The Bertz CT molecular complexity index is 1150. The second kappa shape index (κ2) is 8.78. The summed E-state index contributed by atoms with van der Waals surface area (Å²) in [6.45, 7) is 1.97. The van der Waals surface area contributed by atoms with Gasteiger partial charge in [-0.2, -0.15) is 18.3 Å². The van der Waals surface area contributed by atoms with Gasteiger partial charge < -0.3 is 5.32 Å². The topological polar surface area (TPSA) is 79.3 Å². The second-order valence-corrected chi connectivity index (χ2v) is 7.45. The highest BCUT2D eigenvalue weighted by Crippen LogP contribution is 2.32. The van der Waals surface area contributed by atoms with Crippen molar-refractivity contribution in [2.75, 3.05) is 5.32 Å². The summed E-state index contributed by atoms with van der Waals surface area (Å²) in [5.74, 6) is -0.590. The van der Waals surface area contributed by atoms with Crippen molar-refractivity contribution in [1.82, 2.24) is 15.4 Å². The number of alkyl halides is 3. The van der Waals surface area contributed by atoms with Gasteiger partial charge in [-0.1, -0.05) is 42.5 Å². The zero-order valence-electron chi connectivity index (χ0n) is 17.1. The number of aromatic nitrogens is 2.